The van der Waals surface area contributed by atoms with Gasteiger partial charge in [0.05, 0.1) is 12.2 Å². The third-order valence-corrected chi connectivity index (χ3v) is 6.70. The van der Waals surface area contributed by atoms with Gasteiger partial charge in [0.1, 0.15) is 5.82 Å². The van der Waals surface area contributed by atoms with E-state index in [1.165, 1.54) is 31.7 Å². The molecule has 2 aromatic rings. The Morgan fingerprint density at radius 2 is 1.50 bits per heavy atom. The van der Waals surface area contributed by atoms with E-state index in [2.05, 4.69) is 6.92 Å². The van der Waals surface area contributed by atoms with Gasteiger partial charge in [0.2, 0.25) is 0 Å². The van der Waals surface area contributed by atoms with Crippen LogP contribution in [0, 0.1) is 46.8 Å². The van der Waals surface area contributed by atoms with Crippen LogP contribution in [0.3, 0.4) is 0 Å². The summed E-state index contributed by atoms with van der Waals surface area (Å²) < 4.78 is 75.9. The summed E-state index contributed by atoms with van der Waals surface area (Å²) >= 11 is 0. The fourth-order valence-electron chi connectivity index (χ4n) is 5.11. The van der Waals surface area contributed by atoms with Crippen molar-refractivity contribution in [3.63, 3.8) is 0 Å². The topological polar surface area (TPSA) is 9.23 Å². The van der Waals surface area contributed by atoms with Crippen LogP contribution in [0.2, 0.25) is 0 Å². The summed E-state index contributed by atoms with van der Waals surface area (Å²) in [6.45, 7) is 2.54. The normalized spacial score (nSPS) is 23.7. The summed E-state index contributed by atoms with van der Waals surface area (Å²) in [5.74, 6) is -5.24. The average molecular weight is 424 g/mol. The van der Waals surface area contributed by atoms with Crippen LogP contribution < -0.4 is 4.74 Å². The maximum atomic E-state index is 15.1. The van der Waals surface area contributed by atoms with Crippen molar-refractivity contribution in [2.75, 3.05) is 6.61 Å². The standard InChI is InChI=1S/C24H25F5O/c1-2-3-13-4-6-14(7-5-13)17-8-16-11-18(25)21(23(29)24(16)30-12-17)15-9-19(26)22(28)20(27)10-15/h9-11,13-14,17H,2-8,12H2,1H3/t13?,14?,17-/m0/s1. The molecule has 30 heavy (non-hydrogen) atoms. The van der Waals surface area contributed by atoms with Gasteiger partial charge in [-0.3, -0.25) is 0 Å². The molecular weight excluding hydrogens is 399 g/mol. The van der Waals surface area contributed by atoms with Crippen molar-refractivity contribution in [1.29, 1.82) is 0 Å². The van der Waals surface area contributed by atoms with Gasteiger partial charge in [-0.25, -0.2) is 22.0 Å². The molecule has 162 valence electrons. The number of rotatable bonds is 4. The summed E-state index contributed by atoms with van der Waals surface area (Å²) in [7, 11) is 0. The minimum absolute atomic E-state index is 0.0764. The maximum Gasteiger partial charge on any atom is 0.194 e. The molecule has 0 spiro atoms. The SMILES string of the molecule is CCCC1CCC([C@@H]2COc3c(cc(F)c(-c4cc(F)c(F)c(F)c4)c3F)C2)CC1. The van der Waals surface area contributed by atoms with E-state index in [-0.39, 0.29) is 11.7 Å². The summed E-state index contributed by atoms with van der Waals surface area (Å²) in [5, 5.41) is 0. The molecule has 0 bridgehead atoms. The monoisotopic (exact) mass is 424 g/mol. The van der Waals surface area contributed by atoms with Crippen LogP contribution in [0.1, 0.15) is 51.0 Å². The Balaban J connectivity index is 1.57. The third-order valence-electron chi connectivity index (χ3n) is 6.70. The summed E-state index contributed by atoms with van der Waals surface area (Å²) in [5.41, 5.74) is -0.571. The quantitative estimate of drug-likeness (QED) is 0.372. The molecule has 0 aromatic heterocycles. The van der Waals surface area contributed by atoms with Gasteiger partial charge in [-0.15, -0.1) is 0 Å². The lowest BCUT2D eigenvalue weighted by Gasteiger charge is -2.36. The first kappa shape index (κ1) is 21.1. The summed E-state index contributed by atoms with van der Waals surface area (Å²) in [6, 6.07) is 2.36. The third kappa shape index (κ3) is 3.93. The van der Waals surface area contributed by atoms with Crippen LogP contribution in [0.25, 0.3) is 11.1 Å². The van der Waals surface area contributed by atoms with E-state index < -0.39 is 40.2 Å². The van der Waals surface area contributed by atoms with Gasteiger partial charge in [0.15, 0.2) is 29.0 Å². The molecule has 0 radical (unpaired) electrons. The number of fused-ring (bicyclic) bond motifs is 1. The number of benzene rings is 2. The van der Waals surface area contributed by atoms with Gasteiger partial charge in [-0.1, -0.05) is 32.6 Å². The first-order chi connectivity index (χ1) is 14.4. The molecule has 2 aliphatic rings. The molecule has 1 aliphatic heterocycles. The van der Waals surface area contributed by atoms with Crippen molar-refractivity contribution < 1.29 is 26.7 Å². The number of ether oxygens (including phenoxy) is 1. The Morgan fingerprint density at radius 1 is 0.833 bits per heavy atom. The zero-order valence-corrected chi connectivity index (χ0v) is 16.9. The highest BCUT2D eigenvalue weighted by Gasteiger charge is 2.33. The highest BCUT2D eigenvalue weighted by molar-refractivity contribution is 5.68. The molecule has 0 saturated heterocycles. The molecule has 1 fully saturated rings. The fraction of sp³-hybridized carbons (Fsp3) is 0.500. The zero-order chi connectivity index (χ0) is 21.4. The van der Waals surface area contributed by atoms with Gasteiger partial charge >= 0.3 is 0 Å². The molecule has 1 aliphatic carbocycles. The van der Waals surface area contributed by atoms with E-state index in [9.17, 15) is 17.6 Å². The van der Waals surface area contributed by atoms with Crippen molar-refractivity contribution in [3.05, 3.63) is 52.8 Å². The van der Waals surface area contributed by atoms with Crippen molar-refractivity contribution in [2.24, 2.45) is 17.8 Å². The molecular formula is C24H25F5O. The Kier molecular flexibility index (Phi) is 6.03. The smallest absolute Gasteiger partial charge is 0.194 e. The van der Waals surface area contributed by atoms with Crippen LogP contribution in [-0.2, 0) is 6.42 Å². The largest absolute Gasteiger partial charge is 0.490 e. The molecule has 0 unspecified atom stereocenters. The molecule has 0 amide bonds. The number of halogens is 5. The lowest BCUT2D eigenvalue weighted by atomic mass is 9.72. The molecule has 1 heterocycles. The second-order valence-electron chi connectivity index (χ2n) is 8.63. The fourth-order valence-corrected chi connectivity index (χ4v) is 5.11. The van der Waals surface area contributed by atoms with E-state index in [1.807, 2.05) is 0 Å². The minimum Gasteiger partial charge on any atom is -0.490 e. The molecule has 4 rings (SSSR count). The molecule has 1 atom stereocenters. The van der Waals surface area contributed by atoms with Crippen LogP contribution in [0.5, 0.6) is 5.75 Å². The van der Waals surface area contributed by atoms with E-state index >= 15 is 4.39 Å². The van der Waals surface area contributed by atoms with Gasteiger partial charge < -0.3 is 4.74 Å². The summed E-state index contributed by atoms with van der Waals surface area (Å²) in [4.78, 5) is 0. The van der Waals surface area contributed by atoms with Crippen molar-refractivity contribution in [3.8, 4) is 16.9 Å². The second-order valence-corrected chi connectivity index (χ2v) is 8.63. The molecule has 2 aromatic carbocycles. The first-order valence-electron chi connectivity index (χ1n) is 10.7. The van der Waals surface area contributed by atoms with Crippen LogP contribution >= 0.6 is 0 Å². The highest BCUT2D eigenvalue weighted by Crippen LogP contribution is 2.43. The number of hydrogen-bond acceptors (Lipinski definition) is 1. The molecule has 0 N–H and O–H groups in total. The predicted octanol–water partition coefficient (Wildman–Crippen LogP) is 7.21. The Labute approximate surface area is 173 Å². The Morgan fingerprint density at radius 3 is 2.13 bits per heavy atom. The summed E-state index contributed by atoms with van der Waals surface area (Å²) in [6.07, 6.45) is 7.53. The molecule has 1 saturated carbocycles. The van der Waals surface area contributed by atoms with Gasteiger partial charge in [0.25, 0.3) is 0 Å². The van der Waals surface area contributed by atoms with Crippen molar-refractivity contribution >= 4 is 0 Å². The zero-order valence-electron chi connectivity index (χ0n) is 16.9. The van der Waals surface area contributed by atoms with E-state index in [4.69, 9.17) is 4.74 Å². The number of hydrogen-bond donors (Lipinski definition) is 0. The molecule has 1 nitrogen and oxygen atoms in total. The highest BCUT2D eigenvalue weighted by atomic mass is 19.2. The second kappa shape index (κ2) is 8.56. The maximum absolute atomic E-state index is 15.1. The molecule has 6 heteroatoms. The van der Waals surface area contributed by atoms with Gasteiger partial charge in [0, 0.05) is 5.56 Å². The van der Waals surface area contributed by atoms with E-state index in [1.54, 1.807) is 0 Å². The van der Waals surface area contributed by atoms with Gasteiger partial charge in [-0.05, 0) is 60.8 Å². The van der Waals surface area contributed by atoms with Gasteiger partial charge in [-0.2, -0.15) is 0 Å². The Hall–Kier alpha value is -2.11. The van der Waals surface area contributed by atoms with Crippen molar-refractivity contribution in [2.45, 2.75) is 51.9 Å². The predicted molar refractivity (Wildman–Crippen MR) is 105 cm³/mol. The lowest BCUT2D eigenvalue weighted by molar-refractivity contribution is 0.122. The van der Waals surface area contributed by atoms with Crippen LogP contribution in [0.15, 0.2) is 18.2 Å². The van der Waals surface area contributed by atoms with E-state index in [0.717, 1.165) is 18.8 Å². The average Bonchev–Trinajstić information content (AvgIpc) is 2.72. The Bertz CT molecular complexity index is 911. The minimum atomic E-state index is -1.68. The first-order valence-corrected chi connectivity index (χ1v) is 10.7. The lowest BCUT2D eigenvalue weighted by Crippen LogP contribution is -2.31. The van der Waals surface area contributed by atoms with Crippen LogP contribution in [0.4, 0.5) is 22.0 Å². The van der Waals surface area contributed by atoms with Crippen LogP contribution in [-0.4, -0.2) is 6.61 Å². The van der Waals surface area contributed by atoms with E-state index in [0.29, 0.717) is 36.6 Å². The van der Waals surface area contributed by atoms with Crippen molar-refractivity contribution in [1.82, 2.24) is 0 Å².